The molecule has 0 aliphatic carbocycles. The van der Waals surface area contributed by atoms with Gasteiger partial charge in [0, 0.05) is 10.9 Å². The number of halogens is 3. The first kappa shape index (κ1) is 20.9. The third-order valence-electron chi connectivity index (χ3n) is 3.84. The van der Waals surface area contributed by atoms with E-state index >= 15 is 4.39 Å². The summed E-state index contributed by atoms with van der Waals surface area (Å²) in [6, 6.07) is 5.90. The van der Waals surface area contributed by atoms with Gasteiger partial charge in [0.25, 0.3) is 11.9 Å². The Labute approximate surface area is 176 Å². The van der Waals surface area contributed by atoms with Crippen LogP contribution in [0.4, 0.5) is 15.8 Å². The summed E-state index contributed by atoms with van der Waals surface area (Å²) in [6.45, 7) is 1.44. The number of rotatable bonds is 6. The third-order valence-corrected chi connectivity index (χ3v) is 5.41. The van der Waals surface area contributed by atoms with Crippen molar-refractivity contribution in [2.45, 2.75) is 19.3 Å². The SMILES string of the molecule is CCC(O)(O)ON(c1ccc(Br)cc1Cl)c1c(C(N)=O)cc2scnc2c1F. The topological polar surface area (TPSA) is 109 Å². The number of nitrogens with two attached hydrogens (primary N) is 1. The van der Waals surface area contributed by atoms with E-state index in [4.69, 9.17) is 22.2 Å². The van der Waals surface area contributed by atoms with E-state index in [9.17, 15) is 15.0 Å². The van der Waals surface area contributed by atoms with Gasteiger partial charge < -0.3 is 15.9 Å². The zero-order chi connectivity index (χ0) is 20.6. The number of hydrogen-bond acceptors (Lipinski definition) is 7. The lowest BCUT2D eigenvalue weighted by Gasteiger charge is -2.32. The molecule has 0 aliphatic rings. The molecular weight excluding hydrogens is 477 g/mol. The van der Waals surface area contributed by atoms with E-state index in [1.807, 2.05) is 0 Å². The molecular formula is C17H14BrClFN3O4S. The van der Waals surface area contributed by atoms with Crippen LogP contribution in [-0.2, 0) is 4.84 Å². The van der Waals surface area contributed by atoms with E-state index in [-0.39, 0.29) is 28.2 Å². The Morgan fingerprint density at radius 1 is 1.46 bits per heavy atom. The number of amides is 1. The minimum Gasteiger partial charge on any atom is -0.366 e. The molecule has 7 nitrogen and oxygen atoms in total. The summed E-state index contributed by atoms with van der Waals surface area (Å²) in [5.74, 6) is -4.53. The maximum absolute atomic E-state index is 15.3. The van der Waals surface area contributed by atoms with Crippen molar-refractivity contribution in [3.05, 3.63) is 50.7 Å². The van der Waals surface area contributed by atoms with Gasteiger partial charge in [-0.15, -0.1) is 11.3 Å². The van der Waals surface area contributed by atoms with Crippen LogP contribution in [0, 0.1) is 5.82 Å². The first-order valence-corrected chi connectivity index (χ1v) is 9.94. The van der Waals surface area contributed by atoms with Gasteiger partial charge in [0.2, 0.25) is 0 Å². The lowest BCUT2D eigenvalue weighted by atomic mass is 10.1. The summed E-state index contributed by atoms with van der Waals surface area (Å²) in [4.78, 5) is 21.2. The highest BCUT2D eigenvalue weighted by Crippen LogP contribution is 2.41. The molecule has 3 aromatic rings. The van der Waals surface area contributed by atoms with Crippen molar-refractivity contribution < 1.29 is 24.2 Å². The molecule has 1 amide bonds. The number of aliphatic hydroxyl groups is 2. The van der Waals surface area contributed by atoms with E-state index in [0.717, 1.165) is 16.4 Å². The molecule has 148 valence electrons. The number of carbonyl (C=O) groups excluding carboxylic acids is 1. The third kappa shape index (κ3) is 3.97. The second kappa shape index (κ2) is 7.90. The van der Waals surface area contributed by atoms with Gasteiger partial charge in [-0.05, 0) is 24.3 Å². The molecule has 1 heterocycles. The van der Waals surface area contributed by atoms with Crippen molar-refractivity contribution in [3.63, 3.8) is 0 Å². The average Bonchev–Trinajstić information content (AvgIpc) is 3.09. The highest BCUT2D eigenvalue weighted by Gasteiger charge is 2.33. The van der Waals surface area contributed by atoms with Gasteiger partial charge in [0.05, 0.1) is 26.5 Å². The number of benzene rings is 2. The van der Waals surface area contributed by atoms with Crippen LogP contribution in [0.25, 0.3) is 10.2 Å². The summed E-state index contributed by atoms with van der Waals surface area (Å²) in [6.07, 6.45) is -0.260. The highest BCUT2D eigenvalue weighted by atomic mass is 79.9. The highest BCUT2D eigenvalue weighted by molar-refractivity contribution is 9.10. The van der Waals surface area contributed by atoms with Crippen LogP contribution in [0.3, 0.4) is 0 Å². The summed E-state index contributed by atoms with van der Waals surface area (Å²) in [5, 5.41) is 20.9. The minimum absolute atomic E-state index is 0.0233. The zero-order valence-corrected chi connectivity index (χ0v) is 17.5. The van der Waals surface area contributed by atoms with E-state index in [1.165, 1.54) is 30.6 Å². The molecule has 1 aromatic heterocycles. The number of primary amides is 1. The number of hydrogen-bond donors (Lipinski definition) is 3. The molecule has 0 aliphatic heterocycles. The second-order valence-corrected chi connectivity index (χ2v) is 7.94. The molecule has 11 heteroatoms. The Hall–Kier alpha value is -1.82. The predicted octanol–water partition coefficient (Wildman–Crippen LogP) is 4.07. The van der Waals surface area contributed by atoms with Crippen molar-refractivity contribution in [3.8, 4) is 0 Å². The van der Waals surface area contributed by atoms with Crippen molar-refractivity contribution >= 4 is 66.4 Å². The number of carbonyl (C=O) groups is 1. The number of anilines is 2. The van der Waals surface area contributed by atoms with Gasteiger partial charge in [-0.1, -0.05) is 34.5 Å². The monoisotopic (exact) mass is 489 g/mol. The Bertz CT molecular complexity index is 1060. The van der Waals surface area contributed by atoms with E-state index in [2.05, 4.69) is 20.9 Å². The van der Waals surface area contributed by atoms with Gasteiger partial charge in [0.15, 0.2) is 5.82 Å². The lowest BCUT2D eigenvalue weighted by molar-refractivity contribution is -0.339. The van der Waals surface area contributed by atoms with Crippen LogP contribution in [0.5, 0.6) is 0 Å². The Balaban J connectivity index is 2.32. The van der Waals surface area contributed by atoms with Crippen LogP contribution in [-0.4, -0.2) is 27.1 Å². The summed E-state index contributed by atoms with van der Waals surface area (Å²) < 4.78 is 16.4. The number of thiazole rings is 1. The van der Waals surface area contributed by atoms with Gasteiger partial charge in [-0.3, -0.25) is 4.79 Å². The van der Waals surface area contributed by atoms with E-state index < -0.39 is 23.4 Å². The van der Waals surface area contributed by atoms with Crippen LogP contribution in [0.15, 0.2) is 34.2 Å². The smallest absolute Gasteiger partial charge is 0.300 e. The Kier molecular flexibility index (Phi) is 5.89. The molecule has 0 spiro atoms. The Morgan fingerprint density at radius 2 is 2.18 bits per heavy atom. The fourth-order valence-corrected chi connectivity index (χ4v) is 3.87. The van der Waals surface area contributed by atoms with Gasteiger partial charge >= 0.3 is 0 Å². The largest absolute Gasteiger partial charge is 0.366 e. The number of aromatic nitrogens is 1. The number of fused-ring (bicyclic) bond motifs is 1. The van der Waals surface area contributed by atoms with Crippen molar-refractivity contribution in [1.82, 2.24) is 4.98 Å². The van der Waals surface area contributed by atoms with Crippen LogP contribution in [0.2, 0.25) is 5.02 Å². The molecule has 0 fully saturated rings. The lowest BCUT2D eigenvalue weighted by Crippen LogP contribution is -2.39. The standard InChI is InChI=1S/C17H14BrClFN3O4S/c1-2-17(25,26)27-23(11-4-3-8(18)5-10(11)19)15-9(16(21)24)6-12-14(13(15)20)22-7-28-12/h3-7,25-26H,2H2,1H3,(H2,21,24). The first-order valence-electron chi connectivity index (χ1n) is 7.89. The fraction of sp³-hybridized carbons (Fsp3) is 0.176. The normalized spacial score (nSPS) is 11.8. The molecule has 28 heavy (non-hydrogen) atoms. The molecule has 0 radical (unpaired) electrons. The average molecular weight is 491 g/mol. The minimum atomic E-state index is -2.67. The summed E-state index contributed by atoms with van der Waals surface area (Å²) in [7, 11) is 0. The molecule has 3 rings (SSSR count). The predicted molar refractivity (Wildman–Crippen MR) is 108 cm³/mol. The molecule has 4 N–H and O–H groups in total. The molecule has 2 aromatic carbocycles. The van der Waals surface area contributed by atoms with Gasteiger partial charge in [0.1, 0.15) is 11.2 Å². The van der Waals surface area contributed by atoms with E-state index in [1.54, 1.807) is 6.07 Å². The van der Waals surface area contributed by atoms with Crippen LogP contribution in [0.1, 0.15) is 23.7 Å². The summed E-state index contributed by atoms with van der Waals surface area (Å²) >= 11 is 10.6. The molecule has 0 unspecified atom stereocenters. The van der Waals surface area contributed by atoms with Crippen molar-refractivity contribution in [1.29, 1.82) is 0 Å². The van der Waals surface area contributed by atoms with E-state index in [0.29, 0.717) is 9.17 Å². The Morgan fingerprint density at radius 3 is 2.79 bits per heavy atom. The van der Waals surface area contributed by atoms with Crippen LogP contribution < -0.4 is 10.8 Å². The maximum atomic E-state index is 15.3. The molecule has 0 atom stereocenters. The maximum Gasteiger partial charge on any atom is 0.300 e. The molecule has 0 bridgehead atoms. The number of nitrogens with zero attached hydrogens (tertiary/aromatic N) is 2. The van der Waals surface area contributed by atoms with Crippen LogP contribution >= 0.6 is 38.9 Å². The molecule has 0 saturated heterocycles. The van der Waals surface area contributed by atoms with Gasteiger partial charge in [-0.25, -0.2) is 19.3 Å². The molecule has 0 saturated carbocycles. The first-order chi connectivity index (χ1) is 13.1. The summed E-state index contributed by atoms with van der Waals surface area (Å²) in [5.41, 5.74) is 6.22. The fourth-order valence-electron chi connectivity index (χ4n) is 2.41. The quantitative estimate of drug-likeness (QED) is 0.355. The second-order valence-electron chi connectivity index (χ2n) is 5.73. The van der Waals surface area contributed by atoms with Crippen molar-refractivity contribution in [2.75, 3.05) is 5.06 Å². The van der Waals surface area contributed by atoms with Gasteiger partial charge in [-0.2, -0.15) is 0 Å². The zero-order valence-electron chi connectivity index (χ0n) is 14.3. The van der Waals surface area contributed by atoms with Crippen molar-refractivity contribution in [2.24, 2.45) is 5.73 Å².